The Kier molecular flexibility index (Phi) is 4.55. The molecule has 1 aliphatic carbocycles. The number of anilines is 1. The van der Waals surface area contributed by atoms with Gasteiger partial charge in [0.25, 0.3) is 0 Å². The molecule has 0 radical (unpaired) electrons. The Labute approximate surface area is 201 Å². The number of hydrogen-bond acceptors (Lipinski definition) is 5. The van der Waals surface area contributed by atoms with E-state index in [4.69, 9.17) is 16.3 Å². The van der Waals surface area contributed by atoms with E-state index in [-0.39, 0.29) is 11.6 Å². The van der Waals surface area contributed by atoms with Crippen molar-refractivity contribution in [1.82, 2.24) is 0 Å². The van der Waals surface area contributed by atoms with E-state index in [2.05, 4.69) is 0 Å². The molecule has 0 amide bonds. The molecule has 0 bridgehead atoms. The molecule has 3 aromatic carbocycles. The second kappa shape index (κ2) is 7.40. The summed E-state index contributed by atoms with van der Waals surface area (Å²) in [7, 11) is 1.33. The number of methoxy groups -OCH3 is 1. The minimum Gasteiger partial charge on any atom is -0.467 e. The van der Waals surface area contributed by atoms with Gasteiger partial charge in [-0.05, 0) is 29.3 Å². The molecule has 168 valence electrons. The SMILES string of the molecule is COC(=O)[C@H]1[C@H](c2ccc(Cl)cc2)C2(C(=O)c3ccccc3C2=O)[C@H]2C=Cc3ccccc3N12. The standard InChI is InChI=1S/C28H20ClNO4/c1-34-27(33)24-23(17-10-13-18(29)14-11-17)28(25(31)19-7-3-4-8-20(19)26(28)32)22-15-12-16-6-2-5-9-21(16)30(22)24/h2-15,22-24H,1H3/t22-,23+,24-/m1/s1. The van der Waals surface area contributed by atoms with E-state index in [0.717, 1.165) is 11.3 Å². The van der Waals surface area contributed by atoms with Crippen LogP contribution in [0, 0.1) is 5.41 Å². The van der Waals surface area contributed by atoms with E-state index in [1.54, 1.807) is 48.5 Å². The van der Waals surface area contributed by atoms with Crippen LogP contribution in [0.15, 0.2) is 78.9 Å². The summed E-state index contributed by atoms with van der Waals surface area (Å²) >= 11 is 6.17. The van der Waals surface area contributed by atoms with Crippen molar-refractivity contribution in [3.63, 3.8) is 0 Å². The Bertz CT molecular complexity index is 1360. The molecule has 0 N–H and O–H groups in total. The third-order valence-electron chi connectivity index (χ3n) is 7.38. The van der Waals surface area contributed by atoms with Gasteiger partial charge in [-0.25, -0.2) is 4.79 Å². The Balaban J connectivity index is 1.69. The van der Waals surface area contributed by atoms with E-state index in [1.165, 1.54) is 7.11 Å². The molecule has 34 heavy (non-hydrogen) atoms. The van der Waals surface area contributed by atoms with Crippen molar-refractivity contribution in [3.8, 4) is 0 Å². The Morgan fingerprint density at radius 2 is 1.53 bits per heavy atom. The monoisotopic (exact) mass is 469 g/mol. The molecule has 6 rings (SSSR count). The predicted octanol–water partition coefficient (Wildman–Crippen LogP) is 4.95. The van der Waals surface area contributed by atoms with Crippen molar-refractivity contribution in [2.24, 2.45) is 5.41 Å². The van der Waals surface area contributed by atoms with Crippen molar-refractivity contribution in [1.29, 1.82) is 0 Å². The number of ether oxygens (including phenoxy) is 1. The maximum atomic E-state index is 14.2. The molecule has 0 unspecified atom stereocenters. The topological polar surface area (TPSA) is 63.7 Å². The highest BCUT2D eigenvalue weighted by atomic mass is 35.5. The van der Waals surface area contributed by atoms with Gasteiger partial charge in [-0.15, -0.1) is 0 Å². The highest BCUT2D eigenvalue weighted by molar-refractivity contribution is 6.32. The van der Waals surface area contributed by atoms with Crippen LogP contribution in [0.1, 0.15) is 37.8 Å². The largest absolute Gasteiger partial charge is 0.467 e. The predicted molar refractivity (Wildman–Crippen MR) is 129 cm³/mol. The van der Waals surface area contributed by atoms with Crippen LogP contribution in [0.3, 0.4) is 0 Å². The van der Waals surface area contributed by atoms with Gasteiger partial charge >= 0.3 is 5.97 Å². The smallest absolute Gasteiger partial charge is 0.329 e. The molecule has 2 aliphatic heterocycles. The number of Topliss-reactive ketones (excluding diaryl/α,β-unsaturated/α-hetero) is 2. The summed E-state index contributed by atoms with van der Waals surface area (Å²) < 4.78 is 5.27. The van der Waals surface area contributed by atoms with Crippen molar-refractivity contribution in [2.45, 2.75) is 18.0 Å². The fourth-order valence-electron chi connectivity index (χ4n) is 6.05. The summed E-state index contributed by atoms with van der Waals surface area (Å²) in [5, 5.41) is 0.528. The second-order valence-electron chi connectivity index (χ2n) is 8.84. The number of carbonyl (C=O) groups excluding carboxylic acids is 3. The van der Waals surface area contributed by atoms with Gasteiger partial charge < -0.3 is 9.64 Å². The average Bonchev–Trinajstić information content (AvgIpc) is 3.31. The number of nitrogens with zero attached hydrogens (tertiary/aromatic N) is 1. The summed E-state index contributed by atoms with van der Waals surface area (Å²) in [6, 6.07) is 20.1. The molecule has 3 aliphatic rings. The lowest BCUT2D eigenvalue weighted by molar-refractivity contribution is -0.142. The summed E-state index contributed by atoms with van der Waals surface area (Å²) in [4.78, 5) is 43.8. The minimum atomic E-state index is -1.51. The zero-order chi connectivity index (χ0) is 23.6. The van der Waals surface area contributed by atoms with Gasteiger partial charge in [0, 0.05) is 27.8 Å². The van der Waals surface area contributed by atoms with Gasteiger partial charge in [-0.1, -0.05) is 78.4 Å². The van der Waals surface area contributed by atoms with E-state index >= 15 is 0 Å². The maximum Gasteiger partial charge on any atom is 0.329 e. The van der Waals surface area contributed by atoms with E-state index in [1.807, 2.05) is 41.3 Å². The lowest BCUT2D eigenvalue weighted by atomic mass is 9.65. The van der Waals surface area contributed by atoms with E-state index in [9.17, 15) is 14.4 Å². The number of rotatable bonds is 2. The molecule has 1 fully saturated rings. The van der Waals surface area contributed by atoms with Crippen LogP contribution in [0.4, 0.5) is 5.69 Å². The Morgan fingerprint density at radius 3 is 2.18 bits per heavy atom. The van der Waals surface area contributed by atoms with Crippen LogP contribution < -0.4 is 4.90 Å². The molecule has 3 aromatic rings. The zero-order valence-corrected chi connectivity index (χ0v) is 19.0. The van der Waals surface area contributed by atoms with Crippen LogP contribution in [0.2, 0.25) is 5.02 Å². The van der Waals surface area contributed by atoms with Crippen LogP contribution >= 0.6 is 11.6 Å². The van der Waals surface area contributed by atoms with Gasteiger partial charge in [-0.3, -0.25) is 9.59 Å². The quantitative estimate of drug-likeness (QED) is 0.392. The first kappa shape index (κ1) is 20.9. The van der Waals surface area contributed by atoms with Crippen LogP contribution in [0.25, 0.3) is 6.08 Å². The first-order chi connectivity index (χ1) is 16.5. The highest BCUT2D eigenvalue weighted by Crippen LogP contribution is 2.60. The molecular formula is C28H20ClNO4. The van der Waals surface area contributed by atoms with Crippen molar-refractivity contribution in [3.05, 3.63) is 106 Å². The van der Waals surface area contributed by atoms with E-state index in [0.29, 0.717) is 21.7 Å². The fourth-order valence-corrected chi connectivity index (χ4v) is 6.18. The summed E-state index contributed by atoms with van der Waals surface area (Å²) in [6.07, 6.45) is 3.82. The molecule has 1 saturated heterocycles. The maximum absolute atomic E-state index is 14.2. The molecule has 1 spiro atoms. The summed E-state index contributed by atoms with van der Waals surface area (Å²) in [5.41, 5.74) is 1.66. The third kappa shape index (κ3) is 2.53. The molecule has 0 saturated carbocycles. The number of halogens is 1. The highest BCUT2D eigenvalue weighted by Gasteiger charge is 2.71. The molecular weight excluding hydrogens is 450 g/mol. The summed E-state index contributed by atoms with van der Waals surface area (Å²) in [6.45, 7) is 0. The first-order valence-corrected chi connectivity index (χ1v) is 11.5. The van der Waals surface area contributed by atoms with Crippen LogP contribution in [0.5, 0.6) is 0 Å². The number of hydrogen-bond donors (Lipinski definition) is 0. The minimum absolute atomic E-state index is 0.265. The van der Waals surface area contributed by atoms with Gasteiger partial charge in [0.2, 0.25) is 0 Å². The van der Waals surface area contributed by atoms with Gasteiger partial charge in [-0.2, -0.15) is 0 Å². The number of carbonyl (C=O) groups is 3. The number of esters is 1. The first-order valence-electron chi connectivity index (χ1n) is 11.1. The van der Waals surface area contributed by atoms with E-state index < -0.39 is 29.4 Å². The molecule has 5 nitrogen and oxygen atoms in total. The van der Waals surface area contributed by atoms with Crippen molar-refractivity contribution in [2.75, 3.05) is 12.0 Å². The Morgan fingerprint density at radius 1 is 0.912 bits per heavy atom. The number of para-hydroxylation sites is 1. The number of fused-ring (bicyclic) bond motifs is 5. The molecule has 0 aromatic heterocycles. The average molecular weight is 470 g/mol. The van der Waals surface area contributed by atoms with Crippen molar-refractivity contribution < 1.29 is 19.1 Å². The van der Waals surface area contributed by atoms with Gasteiger partial charge in [0.15, 0.2) is 11.6 Å². The fraction of sp³-hybridized carbons (Fsp3) is 0.179. The molecule has 6 heteroatoms. The van der Waals surface area contributed by atoms with Crippen LogP contribution in [-0.2, 0) is 9.53 Å². The van der Waals surface area contributed by atoms with Gasteiger partial charge in [0.1, 0.15) is 11.5 Å². The number of benzene rings is 3. The molecule has 3 atom stereocenters. The van der Waals surface area contributed by atoms with Crippen LogP contribution in [-0.4, -0.2) is 36.7 Å². The second-order valence-corrected chi connectivity index (χ2v) is 9.28. The normalized spacial score (nSPS) is 23.6. The third-order valence-corrected chi connectivity index (χ3v) is 7.64. The molecule has 2 heterocycles. The lowest BCUT2D eigenvalue weighted by Crippen LogP contribution is -2.48. The number of ketones is 2. The lowest BCUT2D eigenvalue weighted by Gasteiger charge is -2.36. The van der Waals surface area contributed by atoms with Crippen molar-refractivity contribution >= 4 is 40.9 Å². The Hall–Kier alpha value is -3.70. The zero-order valence-electron chi connectivity index (χ0n) is 18.3. The van der Waals surface area contributed by atoms with Gasteiger partial charge in [0.05, 0.1) is 13.2 Å². The summed E-state index contributed by atoms with van der Waals surface area (Å²) in [5.74, 6) is -1.80.